The number of carbonyl (C=O) groups is 4. The average molecular weight is 603 g/mol. The van der Waals surface area contributed by atoms with Crippen molar-refractivity contribution in [2.24, 2.45) is 11.5 Å². The van der Waals surface area contributed by atoms with Crippen LogP contribution in [0.4, 0.5) is 0 Å². The van der Waals surface area contributed by atoms with Crippen molar-refractivity contribution in [1.29, 1.82) is 0 Å². The molecule has 0 heterocycles. The molecule has 0 saturated heterocycles. The van der Waals surface area contributed by atoms with Crippen molar-refractivity contribution < 1.29 is 48.5 Å². The Morgan fingerprint density at radius 2 is 1.05 bits per heavy atom. The van der Waals surface area contributed by atoms with Gasteiger partial charge >= 0.3 is 11.9 Å². The van der Waals surface area contributed by atoms with Gasteiger partial charge in [-0.1, -0.05) is 0 Å². The maximum Gasteiger partial charge on any atom is 0.332 e. The van der Waals surface area contributed by atoms with Crippen molar-refractivity contribution in [1.82, 2.24) is 10.6 Å². The Hall–Kier alpha value is -4.06. The summed E-state index contributed by atoms with van der Waals surface area (Å²) in [5.74, 6) is -3.33. The number of ether oxygens (including phenoxy) is 2. The van der Waals surface area contributed by atoms with Crippen LogP contribution in [0.2, 0.25) is 0 Å². The first-order valence-electron chi connectivity index (χ1n) is 13.7. The van der Waals surface area contributed by atoms with E-state index < -0.39 is 57.3 Å². The second-order valence-corrected chi connectivity index (χ2v) is 10.0. The van der Waals surface area contributed by atoms with Crippen molar-refractivity contribution in [2.75, 3.05) is 26.2 Å². The highest BCUT2D eigenvalue weighted by Crippen LogP contribution is 2.35. The van der Waals surface area contributed by atoms with Crippen LogP contribution in [0.25, 0.3) is 0 Å². The summed E-state index contributed by atoms with van der Waals surface area (Å²) in [7, 11) is 0. The molecular formula is C24H38N6O12. The highest BCUT2D eigenvalue weighted by molar-refractivity contribution is 5.96. The van der Waals surface area contributed by atoms with Crippen molar-refractivity contribution in [3.05, 3.63) is 32.4 Å². The fraction of sp³-hybridized carbons (Fsp3) is 0.750. The molecule has 6 N–H and O–H groups in total. The third kappa shape index (κ3) is 10.4. The molecule has 0 aromatic heterocycles. The summed E-state index contributed by atoms with van der Waals surface area (Å²) in [5.41, 5.74) is 7.60. The Bertz CT molecular complexity index is 928. The predicted octanol–water partition coefficient (Wildman–Crippen LogP) is -0.662. The van der Waals surface area contributed by atoms with Crippen molar-refractivity contribution in [2.45, 2.75) is 87.6 Å². The lowest BCUT2D eigenvalue weighted by Gasteiger charge is -2.37. The molecule has 0 aromatic rings. The standard InChI is InChI=1S/C24H38N6O12/c25-13-1-15-27-21(33)23(9-5-17(6-10-23)41-29(35)36)39-19(31)3-4-20(32)40-24(22(34)28-16-2-14-26)11-7-18(8-12-24)42-30(37)38/h3-4,17-18H,1-2,5-16,25-26H2,(H,27,33)(H,28,34)/b4-3+. The molecule has 18 heteroatoms. The first-order valence-corrected chi connectivity index (χ1v) is 13.7. The van der Waals surface area contributed by atoms with Gasteiger partial charge in [0, 0.05) is 25.2 Å². The molecule has 236 valence electrons. The number of amides is 2. The first-order chi connectivity index (χ1) is 19.9. The van der Waals surface area contributed by atoms with Gasteiger partial charge in [-0.05, 0) is 77.3 Å². The number of nitrogens with one attached hydrogen (secondary N) is 2. The van der Waals surface area contributed by atoms with E-state index in [9.17, 15) is 39.4 Å². The van der Waals surface area contributed by atoms with Crippen LogP contribution in [0.1, 0.15) is 64.2 Å². The number of esters is 2. The van der Waals surface area contributed by atoms with Crippen LogP contribution in [-0.2, 0) is 38.3 Å². The maximum atomic E-state index is 13.0. The molecule has 2 saturated carbocycles. The van der Waals surface area contributed by atoms with Gasteiger partial charge in [0.2, 0.25) is 0 Å². The van der Waals surface area contributed by atoms with Crippen molar-refractivity contribution in [3.63, 3.8) is 0 Å². The number of hydrogen-bond acceptors (Lipinski definition) is 14. The number of hydrogen-bond donors (Lipinski definition) is 4. The first kappa shape index (κ1) is 34.1. The molecule has 2 aliphatic carbocycles. The number of rotatable bonds is 16. The molecule has 18 nitrogen and oxygen atoms in total. The van der Waals surface area contributed by atoms with Gasteiger partial charge in [0.25, 0.3) is 22.0 Å². The molecule has 0 radical (unpaired) electrons. The van der Waals surface area contributed by atoms with Gasteiger partial charge in [0.15, 0.2) is 11.2 Å². The zero-order valence-corrected chi connectivity index (χ0v) is 23.2. The maximum absolute atomic E-state index is 13.0. The van der Waals surface area contributed by atoms with E-state index in [1.54, 1.807) is 0 Å². The Morgan fingerprint density at radius 1 is 0.714 bits per heavy atom. The topological polar surface area (TPSA) is 268 Å². The van der Waals surface area contributed by atoms with E-state index in [-0.39, 0.29) is 64.5 Å². The summed E-state index contributed by atoms with van der Waals surface area (Å²) in [6, 6.07) is 0. The lowest BCUT2D eigenvalue weighted by Crippen LogP contribution is -2.53. The summed E-state index contributed by atoms with van der Waals surface area (Å²) >= 11 is 0. The van der Waals surface area contributed by atoms with E-state index in [1.165, 1.54) is 0 Å². The molecule has 2 amide bonds. The van der Waals surface area contributed by atoms with E-state index in [2.05, 4.69) is 20.3 Å². The summed E-state index contributed by atoms with van der Waals surface area (Å²) in [6.07, 6.45) is 0.876. The van der Waals surface area contributed by atoms with Crippen molar-refractivity contribution >= 4 is 23.8 Å². The highest BCUT2D eigenvalue weighted by Gasteiger charge is 2.47. The largest absolute Gasteiger partial charge is 0.446 e. The zero-order valence-electron chi connectivity index (χ0n) is 23.2. The number of nitrogens with zero attached hydrogens (tertiary/aromatic N) is 2. The lowest BCUT2D eigenvalue weighted by atomic mass is 9.82. The minimum atomic E-state index is -1.66. The molecule has 42 heavy (non-hydrogen) atoms. The van der Waals surface area contributed by atoms with Gasteiger partial charge in [0.05, 0.1) is 0 Å². The van der Waals surface area contributed by atoms with Crippen molar-refractivity contribution in [3.8, 4) is 0 Å². The monoisotopic (exact) mass is 602 g/mol. The molecule has 0 unspecified atom stereocenters. The van der Waals surface area contributed by atoms with Crippen LogP contribution >= 0.6 is 0 Å². The van der Waals surface area contributed by atoms with Gasteiger partial charge < -0.3 is 41.2 Å². The van der Waals surface area contributed by atoms with Crippen LogP contribution < -0.4 is 22.1 Å². The molecular weight excluding hydrogens is 564 g/mol. The van der Waals surface area contributed by atoms with Crippen LogP contribution in [0, 0.1) is 20.2 Å². The minimum Gasteiger partial charge on any atom is -0.446 e. The summed E-state index contributed by atoms with van der Waals surface area (Å²) in [5, 5.41) is 24.8. The van der Waals surface area contributed by atoms with Crippen LogP contribution in [0.3, 0.4) is 0 Å². The van der Waals surface area contributed by atoms with Crippen LogP contribution in [0.5, 0.6) is 0 Å². The van der Waals surface area contributed by atoms with E-state index in [4.69, 9.17) is 20.9 Å². The van der Waals surface area contributed by atoms with E-state index in [0.29, 0.717) is 25.9 Å². The molecule has 0 bridgehead atoms. The molecule has 0 aromatic carbocycles. The zero-order chi connectivity index (χ0) is 31.2. The smallest absolute Gasteiger partial charge is 0.332 e. The third-order valence-corrected chi connectivity index (χ3v) is 7.06. The van der Waals surface area contributed by atoms with Gasteiger partial charge in [-0.25, -0.2) is 9.59 Å². The quantitative estimate of drug-likeness (QED) is 0.0561. The van der Waals surface area contributed by atoms with Crippen LogP contribution in [0.15, 0.2) is 12.2 Å². The second kappa shape index (κ2) is 16.4. The Balaban J connectivity index is 2.09. The molecule has 2 rings (SSSR count). The normalized spacial score (nSPS) is 25.6. The van der Waals surface area contributed by atoms with E-state index >= 15 is 0 Å². The Kier molecular flexibility index (Phi) is 13.3. The molecule has 2 fully saturated rings. The Morgan fingerprint density at radius 3 is 1.33 bits per heavy atom. The Labute approximate surface area is 241 Å². The molecule has 0 spiro atoms. The number of carbonyl (C=O) groups excluding carboxylic acids is 4. The summed E-state index contributed by atoms with van der Waals surface area (Å²) in [4.78, 5) is 81.9. The highest BCUT2D eigenvalue weighted by atomic mass is 17.0. The third-order valence-electron chi connectivity index (χ3n) is 7.06. The van der Waals surface area contributed by atoms with Gasteiger partial charge in [-0.3, -0.25) is 9.59 Å². The minimum absolute atomic E-state index is 0.0628. The average Bonchev–Trinajstić information content (AvgIpc) is 2.94. The fourth-order valence-electron chi connectivity index (χ4n) is 4.84. The fourth-order valence-corrected chi connectivity index (χ4v) is 4.84. The van der Waals surface area contributed by atoms with E-state index in [1.807, 2.05) is 0 Å². The molecule has 0 atom stereocenters. The molecule has 2 aliphatic rings. The van der Waals surface area contributed by atoms with Gasteiger partial charge in [0.1, 0.15) is 12.2 Å². The van der Waals surface area contributed by atoms with E-state index in [0.717, 1.165) is 12.2 Å². The van der Waals surface area contributed by atoms with Gasteiger partial charge in [-0.2, -0.15) is 0 Å². The number of nitrogens with two attached hydrogens (primary N) is 2. The second-order valence-electron chi connectivity index (χ2n) is 10.0. The summed E-state index contributed by atoms with van der Waals surface area (Å²) < 4.78 is 11.0. The lowest BCUT2D eigenvalue weighted by molar-refractivity contribution is -0.769. The van der Waals surface area contributed by atoms with Crippen LogP contribution in [-0.4, -0.2) is 83.5 Å². The van der Waals surface area contributed by atoms with Gasteiger partial charge in [-0.15, -0.1) is 20.2 Å². The predicted molar refractivity (Wildman–Crippen MR) is 141 cm³/mol. The molecule has 0 aliphatic heterocycles. The SMILES string of the molecule is NCCCNC(=O)C1(OC(=O)/C=C/C(=O)OC2(C(=O)NCCCN)CCC(O[N+](=O)[O-])CC2)CCC(O[N+](=O)[O-])CC1. The summed E-state index contributed by atoms with van der Waals surface area (Å²) in [6.45, 7) is 1.06.